The molecule has 2 aromatic carbocycles. The Kier molecular flexibility index (Phi) is 7.89. The van der Waals surface area contributed by atoms with Crippen molar-refractivity contribution in [3.05, 3.63) is 87.5 Å². The van der Waals surface area contributed by atoms with Gasteiger partial charge in [0.15, 0.2) is 5.78 Å². The number of rotatable bonds is 9. The van der Waals surface area contributed by atoms with Crippen LogP contribution in [0, 0.1) is 5.92 Å². The average molecular weight is 522 g/mol. The molecule has 182 valence electrons. The van der Waals surface area contributed by atoms with Crippen LogP contribution in [0.25, 0.3) is 16.7 Å². The fraction of sp³-hybridized carbons (Fsp3) is 0.115. The summed E-state index contributed by atoms with van der Waals surface area (Å²) < 4.78 is 5.21. The van der Waals surface area contributed by atoms with Crippen LogP contribution in [0.3, 0.4) is 0 Å². The highest BCUT2D eigenvalue weighted by molar-refractivity contribution is 8.17. The fourth-order valence-corrected chi connectivity index (χ4v) is 5.68. The molecule has 1 atom stereocenters. The van der Waals surface area contributed by atoms with Crippen molar-refractivity contribution in [2.75, 3.05) is 13.2 Å². The highest BCUT2D eigenvalue weighted by atomic mass is 32.2. The molecule has 0 fully saturated rings. The van der Waals surface area contributed by atoms with Crippen LogP contribution in [0.2, 0.25) is 0 Å². The Morgan fingerprint density at radius 3 is 2.14 bits per heavy atom. The van der Waals surface area contributed by atoms with Crippen LogP contribution in [-0.2, 0) is 14.3 Å². The van der Waals surface area contributed by atoms with E-state index in [0.717, 1.165) is 28.7 Å². The molecule has 1 aliphatic rings. The number of benzene rings is 2. The van der Waals surface area contributed by atoms with Crippen LogP contribution in [0.4, 0.5) is 0 Å². The molecule has 10 heteroatoms. The minimum atomic E-state index is -1.24. The molecular weight excluding hydrogens is 502 g/mol. The smallest absolute Gasteiger partial charge is 0.337 e. The summed E-state index contributed by atoms with van der Waals surface area (Å²) in [5, 5.41) is 22.7. The maximum Gasteiger partial charge on any atom is 0.337 e. The van der Waals surface area contributed by atoms with E-state index in [9.17, 15) is 29.4 Å². The van der Waals surface area contributed by atoms with E-state index < -0.39 is 42.8 Å². The summed E-state index contributed by atoms with van der Waals surface area (Å²) in [5.74, 6) is -4.77. The zero-order valence-corrected chi connectivity index (χ0v) is 20.3. The van der Waals surface area contributed by atoms with Crippen LogP contribution in [0.5, 0.6) is 0 Å². The lowest BCUT2D eigenvalue weighted by atomic mass is 9.95. The fourth-order valence-electron chi connectivity index (χ4n) is 3.65. The Morgan fingerprint density at radius 2 is 1.53 bits per heavy atom. The number of thiophene rings is 1. The molecule has 1 aromatic heterocycles. The predicted octanol–water partition coefficient (Wildman–Crippen LogP) is 4.73. The largest absolute Gasteiger partial charge is 0.480 e. The van der Waals surface area contributed by atoms with E-state index in [2.05, 4.69) is 4.99 Å². The summed E-state index contributed by atoms with van der Waals surface area (Å²) in [4.78, 5) is 52.6. The van der Waals surface area contributed by atoms with Gasteiger partial charge in [0, 0.05) is 10.9 Å². The van der Waals surface area contributed by atoms with Gasteiger partial charge in [0.1, 0.15) is 24.2 Å². The number of thioether (sulfide) groups is 1. The van der Waals surface area contributed by atoms with Crippen molar-refractivity contribution in [2.24, 2.45) is 10.9 Å². The molecule has 4 rings (SSSR count). The van der Waals surface area contributed by atoms with E-state index in [4.69, 9.17) is 4.74 Å². The number of ether oxygens (including phenoxy) is 1. The van der Waals surface area contributed by atoms with Gasteiger partial charge in [-0.2, -0.15) is 0 Å². The van der Waals surface area contributed by atoms with E-state index >= 15 is 0 Å². The molecule has 1 unspecified atom stereocenters. The van der Waals surface area contributed by atoms with Gasteiger partial charge in [0.2, 0.25) is 0 Å². The highest BCUT2D eigenvalue weighted by Gasteiger charge is 2.34. The van der Waals surface area contributed by atoms with Crippen molar-refractivity contribution in [2.45, 2.75) is 0 Å². The molecule has 0 saturated heterocycles. The Balaban J connectivity index is 1.40. The molecule has 3 aromatic rings. The number of amides is 1. The molecule has 0 spiro atoms. The van der Waals surface area contributed by atoms with Gasteiger partial charge in [-0.3, -0.25) is 14.4 Å². The summed E-state index contributed by atoms with van der Waals surface area (Å²) in [6.45, 7) is -1.07. The first kappa shape index (κ1) is 25.2. The number of ketones is 1. The van der Waals surface area contributed by atoms with Gasteiger partial charge >= 0.3 is 11.9 Å². The number of aliphatic carboxylic acids is 1. The van der Waals surface area contributed by atoms with E-state index in [1.54, 1.807) is 65.4 Å². The molecule has 0 radical (unpaired) electrons. The minimum absolute atomic E-state index is 0.0223. The van der Waals surface area contributed by atoms with E-state index in [1.807, 2.05) is 6.07 Å². The monoisotopic (exact) mass is 521 g/mol. The Labute approximate surface area is 214 Å². The number of aromatic carboxylic acids is 1. The normalized spacial score (nSPS) is 16.1. The molecule has 36 heavy (non-hydrogen) atoms. The quantitative estimate of drug-likeness (QED) is 0.387. The first-order chi connectivity index (χ1) is 17.4. The van der Waals surface area contributed by atoms with Gasteiger partial charge in [0.05, 0.1) is 10.4 Å². The maximum atomic E-state index is 12.7. The number of hydrogen-bond acceptors (Lipinski definition) is 7. The third-order valence-corrected chi connectivity index (χ3v) is 7.22. The Hall–Kier alpha value is -3.86. The number of carboxylic acid groups (broad SMARTS) is 2. The first-order valence-corrected chi connectivity index (χ1v) is 12.4. The van der Waals surface area contributed by atoms with E-state index in [0.29, 0.717) is 16.7 Å². The second-order valence-electron chi connectivity index (χ2n) is 7.61. The van der Waals surface area contributed by atoms with Gasteiger partial charge in [0.25, 0.3) is 5.91 Å². The summed E-state index contributed by atoms with van der Waals surface area (Å²) in [6.07, 6.45) is 0. The summed E-state index contributed by atoms with van der Waals surface area (Å²) in [5.41, 5.74) is 2.24. The van der Waals surface area contributed by atoms with Crippen molar-refractivity contribution in [1.82, 2.24) is 0 Å². The number of Topliss-reactive ketones (excluding diaryl/α,β-unsaturated/α-hetero) is 1. The molecule has 2 heterocycles. The van der Waals surface area contributed by atoms with Gasteiger partial charge in [-0.15, -0.1) is 11.3 Å². The first-order valence-electron chi connectivity index (χ1n) is 10.6. The molecular formula is C26H19NO7S2. The van der Waals surface area contributed by atoms with Crippen LogP contribution >= 0.6 is 23.1 Å². The molecule has 0 aliphatic carbocycles. The SMILES string of the molecule is O=C(COCC(=O)c1scc(-c2ccccc2)c1C(=O)O)N=C1SC=C(c2ccccc2)C1C(=O)O. The lowest BCUT2D eigenvalue weighted by Crippen LogP contribution is -2.22. The third-order valence-electron chi connectivity index (χ3n) is 5.26. The molecule has 0 bridgehead atoms. The number of nitrogens with zero attached hydrogens (tertiary/aromatic N) is 1. The topological polar surface area (TPSA) is 130 Å². The van der Waals surface area contributed by atoms with Gasteiger partial charge in [-0.05, 0) is 22.1 Å². The Bertz CT molecular complexity index is 1380. The number of aliphatic imine (C=N–C) groups is 1. The van der Waals surface area contributed by atoms with Crippen molar-refractivity contribution in [3.8, 4) is 11.1 Å². The minimum Gasteiger partial charge on any atom is -0.480 e. The average Bonchev–Trinajstić information content (AvgIpc) is 3.50. The zero-order valence-electron chi connectivity index (χ0n) is 18.6. The van der Waals surface area contributed by atoms with Gasteiger partial charge in [-0.1, -0.05) is 72.4 Å². The summed E-state index contributed by atoms with van der Waals surface area (Å²) in [7, 11) is 0. The van der Waals surface area contributed by atoms with Crippen molar-refractivity contribution < 1.29 is 34.1 Å². The standard InChI is InChI=1S/C26H19NO7S2/c28-19(23-21(25(30)31)17(13-35-23)15-7-3-1-4-8-15)11-34-12-20(29)27-24-22(26(32)33)18(14-36-24)16-9-5-2-6-10-16/h1-10,13-14,22H,11-12H2,(H,30,31)(H,32,33). The van der Waals surface area contributed by atoms with Gasteiger partial charge < -0.3 is 14.9 Å². The van der Waals surface area contributed by atoms with Crippen LogP contribution in [0.1, 0.15) is 25.6 Å². The maximum absolute atomic E-state index is 12.7. The number of carbonyl (C=O) groups excluding carboxylic acids is 2. The molecule has 8 nitrogen and oxygen atoms in total. The van der Waals surface area contributed by atoms with Crippen molar-refractivity contribution in [1.29, 1.82) is 0 Å². The zero-order chi connectivity index (χ0) is 25.7. The van der Waals surface area contributed by atoms with Crippen molar-refractivity contribution in [3.63, 3.8) is 0 Å². The third kappa shape index (κ3) is 5.51. The van der Waals surface area contributed by atoms with Crippen molar-refractivity contribution >= 4 is 57.3 Å². The lowest BCUT2D eigenvalue weighted by Gasteiger charge is -2.11. The van der Waals surface area contributed by atoms with Crippen LogP contribution in [0.15, 0.2) is 76.4 Å². The number of carboxylic acids is 2. The predicted molar refractivity (Wildman–Crippen MR) is 137 cm³/mol. The second-order valence-corrected chi connectivity index (χ2v) is 9.38. The molecule has 1 aliphatic heterocycles. The lowest BCUT2D eigenvalue weighted by molar-refractivity contribution is -0.137. The molecule has 0 saturated carbocycles. The van der Waals surface area contributed by atoms with E-state index in [1.165, 1.54) is 0 Å². The summed E-state index contributed by atoms with van der Waals surface area (Å²) in [6, 6.07) is 17.8. The highest BCUT2D eigenvalue weighted by Crippen LogP contribution is 2.38. The molecule has 2 N–H and O–H groups in total. The number of hydrogen-bond donors (Lipinski definition) is 2. The van der Waals surface area contributed by atoms with E-state index in [-0.39, 0.29) is 15.5 Å². The van der Waals surface area contributed by atoms with Gasteiger partial charge in [-0.25, -0.2) is 9.79 Å². The molecule has 1 amide bonds. The van der Waals surface area contributed by atoms with Crippen LogP contribution < -0.4 is 0 Å². The second kappa shape index (κ2) is 11.3. The Morgan fingerprint density at radius 1 is 0.889 bits per heavy atom. The van der Waals surface area contributed by atoms with Crippen LogP contribution in [-0.4, -0.2) is 52.1 Å². The summed E-state index contributed by atoms with van der Waals surface area (Å²) >= 11 is 2.05. The number of carbonyl (C=O) groups is 4.